The summed E-state index contributed by atoms with van der Waals surface area (Å²) in [6.07, 6.45) is 3.62. The first-order valence-electron chi connectivity index (χ1n) is 12.8. The lowest BCUT2D eigenvalue weighted by Crippen LogP contribution is -2.49. The lowest BCUT2D eigenvalue weighted by molar-refractivity contribution is -0.180. The third kappa shape index (κ3) is 7.73. The van der Waals surface area contributed by atoms with E-state index in [0.29, 0.717) is 18.8 Å². The molecule has 3 unspecified atom stereocenters. The number of carbonyl (C=O) groups excluding carboxylic acids is 2. The van der Waals surface area contributed by atoms with Crippen LogP contribution in [0.4, 0.5) is 0 Å². The fraction of sp³-hybridized carbons (Fsp3) is 0.533. The molecule has 1 fully saturated rings. The molecule has 0 spiro atoms. The Morgan fingerprint density at radius 3 is 2.08 bits per heavy atom. The monoisotopic (exact) mass is 494 g/mol. The van der Waals surface area contributed by atoms with E-state index in [0.717, 1.165) is 36.9 Å². The van der Waals surface area contributed by atoms with Crippen molar-refractivity contribution in [3.63, 3.8) is 0 Å². The molecule has 1 saturated heterocycles. The second kappa shape index (κ2) is 12.1. The van der Waals surface area contributed by atoms with Crippen molar-refractivity contribution in [3.05, 3.63) is 70.8 Å². The molecule has 3 atom stereocenters. The SMILES string of the molecule is CNC(Cc1ccc(CC(C)(C)OC)cc1)C(=O)NC(C=O)Cc1ccc(CC2COC2(C)C)cc1. The highest BCUT2D eigenvalue weighted by Crippen LogP contribution is 2.34. The van der Waals surface area contributed by atoms with Crippen LogP contribution in [0.15, 0.2) is 48.5 Å². The molecule has 0 saturated carbocycles. The number of hydrogen-bond acceptors (Lipinski definition) is 5. The van der Waals surface area contributed by atoms with Crippen molar-refractivity contribution in [2.75, 3.05) is 20.8 Å². The van der Waals surface area contributed by atoms with Gasteiger partial charge in [-0.1, -0.05) is 48.5 Å². The number of likely N-dealkylation sites (N-methyl/N-ethyl adjacent to an activating group) is 1. The maximum atomic E-state index is 12.9. The van der Waals surface area contributed by atoms with Crippen LogP contribution in [0.25, 0.3) is 0 Å². The smallest absolute Gasteiger partial charge is 0.238 e. The molecule has 0 radical (unpaired) electrons. The quantitative estimate of drug-likeness (QED) is 0.416. The summed E-state index contributed by atoms with van der Waals surface area (Å²) >= 11 is 0. The van der Waals surface area contributed by atoms with Crippen molar-refractivity contribution in [1.29, 1.82) is 0 Å². The Morgan fingerprint density at radius 2 is 1.61 bits per heavy atom. The maximum Gasteiger partial charge on any atom is 0.238 e. The minimum absolute atomic E-state index is 0.0572. The van der Waals surface area contributed by atoms with Gasteiger partial charge >= 0.3 is 0 Å². The molecule has 0 aromatic heterocycles. The van der Waals surface area contributed by atoms with Crippen molar-refractivity contribution in [2.45, 2.75) is 76.7 Å². The maximum absolute atomic E-state index is 12.9. The van der Waals surface area contributed by atoms with Crippen LogP contribution in [0, 0.1) is 5.92 Å². The van der Waals surface area contributed by atoms with E-state index in [1.54, 1.807) is 14.2 Å². The van der Waals surface area contributed by atoms with Crippen LogP contribution in [-0.4, -0.2) is 56.2 Å². The largest absolute Gasteiger partial charge is 0.378 e. The summed E-state index contributed by atoms with van der Waals surface area (Å²) in [5, 5.41) is 6.00. The number of hydrogen-bond donors (Lipinski definition) is 2. The molecular formula is C30H42N2O4. The molecule has 6 nitrogen and oxygen atoms in total. The molecule has 2 N–H and O–H groups in total. The van der Waals surface area contributed by atoms with Crippen LogP contribution < -0.4 is 10.6 Å². The molecule has 1 aliphatic heterocycles. The third-order valence-corrected chi connectivity index (χ3v) is 7.40. The van der Waals surface area contributed by atoms with Crippen LogP contribution >= 0.6 is 0 Å². The number of ether oxygens (including phenoxy) is 2. The predicted molar refractivity (Wildman–Crippen MR) is 143 cm³/mol. The summed E-state index contributed by atoms with van der Waals surface area (Å²) < 4.78 is 11.1. The topological polar surface area (TPSA) is 76.7 Å². The predicted octanol–water partition coefficient (Wildman–Crippen LogP) is 3.68. The Balaban J connectivity index is 1.53. The molecule has 2 aromatic rings. The lowest BCUT2D eigenvalue weighted by atomic mass is 9.81. The fourth-order valence-electron chi connectivity index (χ4n) is 4.52. The van der Waals surface area contributed by atoms with Gasteiger partial charge in [0.1, 0.15) is 6.29 Å². The van der Waals surface area contributed by atoms with Gasteiger partial charge in [-0.3, -0.25) is 4.79 Å². The van der Waals surface area contributed by atoms with Gasteiger partial charge in [-0.05, 0) is 76.3 Å². The first-order valence-corrected chi connectivity index (χ1v) is 12.8. The standard InChI is InChI=1S/C30H42N2O4/c1-29(2,35-6)18-24-13-11-23(12-14-24)17-27(31-5)28(34)32-26(19-33)16-22-9-7-21(8-10-22)15-25-20-36-30(25,3)4/h7-14,19,25-27,31H,15-18,20H2,1-6H3,(H,32,34). The average Bonchev–Trinajstić information content (AvgIpc) is 2.86. The van der Waals surface area contributed by atoms with Crippen molar-refractivity contribution >= 4 is 12.2 Å². The molecule has 3 rings (SSSR count). The average molecular weight is 495 g/mol. The van der Waals surface area contributed by atoms with Crippen LogP contribution in [0.2, 0.25) is 0 Å². The van der Waals surface area contributed by atoms with E-state index in [9.17, 15) is 9.59 Å². The summed E-state index contributed by atoms with van der Waals surface area (Å²) in [5.41, 5.74) is 4.25. The molecule has 1 aliphatic rings. The van der Waals surface area contributed by atoms with Gasteiger partial charge < -0.3 is 24.9 Å². The molecule has 1 heterocycles. The van der Waals surface area contributed by atoms with E-state index < -0.39 is 12.1 Å². The summed E-state index contributed by atoms with van der Waals surface area (Å²) in [6.45, 7) is 9.18. The molecule has 0 bridgehead atoms. The second-order valence-corrected chi connectivity index (χ2v) is 11.1. The summed E-state index contributed by atoms with van der Waals surface area (Å²) in [6, 6.07) is 15.6. The van der Waals surface area contributed by atoms with Gasteiger partial charge in [0.15, 0.2) is 0 Å². The number of nitrogens with one attached hydrogen (secondary N) is 2. The van der Waals surface area contributed by atoms with Gasteiger partial charge in [-0.2, -0.15) is 0 Å². The summed E-state index contributed by atoms with van der Waals surface area (Å²) in [7, 11) is 3.49. The van der Waals surface area contributed by atoms with Crippen molar-refractivity contribution < 1.29 is 19.1 Å². The zero-order chi connectivity index (χ0) is 26.3. The zero-order valence-corrected chi connectivity index (χ0v) is 22.6. The number of rotatable bonds is 13. The van der Waals surface area contributed by atoms with Gasteiger partial charge in [0.05, 0.1) is 29.9 Å². The summed E-state index contributed by atoms with van der Waals surface area (Å²) in [4.78, 5) is 24.7. The van der Waals surface area contributed by atoms with Gasteiger partial charge in [0.25, 0.3) is 0 Å². The van der Waals surface area contributed by atoms with E-state index in [1.165, 1.54) is 11.1 Å². The normalized spacial score (nSPS) is 18.7. The molecule has 1 amide bonds. The Hall–Kier alpha value is -2.54. The van der Waals surface area contributed by atoms with E-state index in [1.807, 2.05) is 24.3 Å². The number of carbonyl (C=O) groups is 2. The summed E-state index contributed by atoms with van der Waals surface area (Å²) in [5.74, 6) is 0.347. The fourth-order valence-corrected chi connectivity index (χ4v) is 4.52. The van der Waals surface area contributed by atoms with Gasteiger partial charge in [0, 0.05) is 19.4 Å². The molecular weight excluding hydrogens is 452 g/mol. The van der Waals surface area contributed by atoms with Crippen LogP contribution in [-0.2, 0) is 44.7 Å². The van der Waals surface area contributed by atoms with Crippen LogP contribution in [0.1, 0.15) is 49.9 Å². The van der Waals surface area contributed by atoms with Crippen molar-refractivity contribution in [3.8, 4) is 0 Å². The molecule has 36 heavy (non-hydrogen) atoms. The second-order valence-electron chi connectivity index (χ2n) is 11.1. The number of methoxy groups -OCH3 is 1. The van der Waals surface area contributed by atoms with E-state index in [4.69, 9.17) is 9.47 Å². The van der Waals surface area contributed by atoms with E-state index in [-0.39, 0.29) is 17.1 Å². The van der Waals surface area contributed by atoms with Crippen molar-refractivity contribution in [2.24, 2.45) is 5.92 Å². The van der Waals surface area contributed by atoms with E-state index >= 15 is 0 Å². The molecule has 2 aromatic carbocycles. The first-order chi connectivity index (χ1) is 17.0. The Bertz CT molecular complexity index is 999. The first kappa shape index (κ1) is 28.0. The highest BCUT2D eigenvalue weighted by atomic mass is 16.5. The van der Waals surface area contributed by atoms with Gasteiger partial charge in [0.2, 0.25) is 5.91 Å². The number of aldehydes is 1. The number of amides is 1. The lowest BCUT2D eigenvalue weighted by Gasteiger charge is -2.44. The van der Waals surface area contributed by atoms with Crippen LogP contribution in [0.5, 0.6) is 0 Å². The molecule has 6 heteroatoms. The minimum atomic E-state index is -0.572. The Labute approximate surface area is 216 Å². The molecule has 0 aliphatic carbocycles. The Morgan fingerprint density at radius 1 is 1.06 bits per heavy atom. The van der Waals surface area contributed by atoms with Gasteiger partial charge in [-0.25, -0.2) is 0 Å². The van der Waals surface area contributed by atoms with Gasteiger partial charge in [-0.15, -0.1) is 0 Å². The highest BCUT2D eigenvalue weighted by molar-refractivity contribution is 5.84. The van der Waals surface area contributed by atoms with E-state index in [2.05, 4.69) is 62.6 Å². The molecule has 196 valence electrons. The zero-order valence-electron chi connectivity index (χ0n) is 22.6. The third-order valence-electron chi connectivity index (χ3n) is 7.40. The Kier molecular flexibility index (Phi) is 9.45. The number of benzene rings is 2. The van der Waals surface area contributed by atoms with Crippen LogP contribution in [0.3, 0.4) is 0 Å². The minimum Gasteiger partial charge on any atom is -0.378 e. The van der Waals surface area contributed by atoms with Crippen molar-refractivity contribution in [1.82, 2.24) is 10.6 Å². The highest BCUT2D eigenvalue weighted by Gasteiger charge is 2.39.